The molecule has 0 amide bonds. The predicted molar refractivity (Wildman–Crippen MR) is 77.7 cm³/mol. The average Bonchev–Trinajstić information content (AvgIpc) is 2.69. The summed E-state index contributed by atoms with van der Waals surface area (Å²) in [5.41, 5.74) is 0.354. The standard InChI is InChI=1S/C8H11.C5H5.2CH3.H2Si.Zr/c1-8(2)6-4-3-5-7-8;1-2-4-5-3-1;;;;/h4-6H,7H2,1-2H3;1-3H,4H2;2*1H3;1H2;. The van der Waals surface area contributed by atoms with Crippen molar-refractivity contribution >= 4 is 6.88 Å². The van der Waals surface area contributed by atoms with E-state index < -0.39 is 17.4 Å². The maximum absolute atomic E-state index is 2.77. The number of hydrogen-bond donors (Lipinski definition) is 0. The third-order valence-corrected chi connectivity index (χ3v) is 20.8. The first-order valence-electron chi connectivity index (χ1n) is 6.53. The topological polar surface area (TPSA) is 0 Å². The summed E-state index contributed by atoms with van der Waals surface area (Å²) in [7, 11) is 0. The van der Waals surface area contributed by atoms with Crippen molar-refractivity contribution in [3.05, 3.63) is 43.0 Å². The van der Waals surface area contributed by atoms with Gasteiger partial charge in [-0.3, -0.25) is 0 Å². The number of hydrogen-bond acceptors (Lipinski definition) is 0. The molecule has 0 aromatic rings. The zero-order valence-corrected chi connectivity index (χ0v) is 15.5. The van der Waals surface area contributed by atoms with Crippen LogP contribution in [-0.2, 0) is 17.4 Å². The van der Waals surface area contributed by atoms with Crippen molar-refractivity contribution in [2.24, 2.45) is 5.41 Å². The molecule has 2 heteroatoms. The zero-order valence-electron chi connectivity index (χ0n) is 11.6. The van der Waals surface area contributed by atoms with Crippen LogP contribution >= 0.6 is 0 Å². The van der Waals surface area contributed by atoms with Gasteiger partial charge in [0.05, 0.1) is 0 Å². The van der Waals surface area contributed by atoms with E-state index in [2.05, 4.69) is 66.4 Å². The van der Waals surface area contributed by atoms with E-state index in [-0.39, 0.29) is 0 Å². The molecule has 2 aliphatic carbocycles. The third kappa shape index (κ3) is 2.58. The van der Waals surface area contributed by atoms with Gasteiger partial charge in [-0.05, 0) is 0 Å². The summed E-state index contributed by atoms with van der Waals surface area (Å²) in [6.07, 6.45) is 16.7. The summed E-state index contributed by atoms with van der Waals surface area (Å²) in [6, 6.07) is 0. The van der Waals surface area contributed by atoms with Crippen molar-refractivity contribution < 1.29 is 17.4 Å². The van der Waals surface area contributed by atoms with Gasteiger partial charge in [0.1, 0.15) is 0 Å². The Bertz CT molecular complexity index is 521. The van der Waals surface area contributed by atoms with Gasteiger partial charge in [0, 0.05) is 0 Å². The molecule has 0 aliphatic heterocycles. The van der Waals surface area contributed by atoms with Crippen molar-refractivity contribution in [3.63, 3.8) is 0 Å². The van der Waals surface area contributed by atoms with Gasteiger partial charge in [0.2, 0.25) is 0 Å². The quantitative estimate of drug-likeness (QED) is 0.673. The summed E-state index contributed by atoms with van der Waals surface area (Å²) >= 11 is -2.77. The molecule has 0 fully saturated rings. The first kappa shape index (κ1) is 13.5. The molecule has 0 aromatic heterocycles. The molecule has 17 heavy (non-hydrogen) atoms. The minimum absolute atomic E-state index is 0.354. The van der Waals surface area contributed by atoms with Gasteiger partial charge in [-0.25, -0.2) is 0 Å². The molecule has 2 rings (SSSR count). The van der Waals surface area contributed by atoms with Crippen LogP contribution in [0.1, 0.15) is 26.7 Å². The van der Waals surface area contributed by atoms with E-state index in [9.17, 15) is 0 Å². The van der Waals surface area contributed by atoms with Gasteiger partial charge >= 0.3 is 109 Å². The SMILES string of the molecule is CC1(C)C=C[C]([Zr]([CH3])([CH3])(=[SiH2])[C]2=CC=CC2)=CC1. The molecular weight excluding hydrogens is 299 g/mol. The van der Waals surface area contributed by atoms with Crippen molar-refractivity contribution in [3.8, 4) is 0 Å². The normalized spacial score (nSPS) is 23.6. The Hall–Kier alpha value is 0.0600. The second-order valence-electron chi connectivity index (χ2n) is 7.20. The van der Waals surface area contributed by atoms with E-state index in [1.807, 2.05) is 0 Å². The molecule has 0 heterocycles. The average molecular weight is 324 g/mol. The Balaban J connectivity index is 2.38. The molecule has 0 spiro atoms. The maximum atomic E-state index is 2.58. The second-order valence-corrected chi connectivity index (χ2v) is 35.9. The van der Waals surface area contributed by atoms with E-state index >= 15 is 0 Å². The van der Waals surface area contributed by atoms with Crippen LogP contribution in [0.2, 0.25) is 9.26 Å². The Morgan fingerprint density at radius 3 is 2.47 bits per heavy atom. The van der Waals surface area contributed by atoms with Crippen LogP contribution in [0.4, 0.5) is 0 Å². The molecule has 0 unspecified atom stereocenters. The van der Waals surface area contributed by atoms with Crippen LogP contribution < -0.4 is 0 Å². The second kappa shape index (κ2) is 4.03. The molecule has 0 radical (unpaired) electrons. The van der Waals surface area contributed by atoms with Gasteiger partial charge in [0.15, 0.2) is 0 Å². The van der Waals surface area contributed by atoms with Crippen LogP contribution in [0.25, 0.3) is 0 Å². The van der Waals surface area contributed by atoms with E-state index in [1.54, 1.807) is 6.56 Å². The van der Waals surface area contributed by atoms with Gasteiger partial charge < -0.3 is 0 Å². The van der Waals surface area contributed by atoms with Crippen LogP contribution in [0, 0.1) is 5.41 Å². The van der Waals surface area contributed by atoms with Crippen LogP contribution in [0.15, 0.2) is 43.0 Å². The minimum atomic E-state index is -2.77. The molecule has 0 nitrogen and oxygen atoms in total. The Labute approximate surface area is 108 Å². The molecule has 92 valence electrons. The Morgan fingerprint density at radius 1 is 1.29 bits per heavy atom. The zero-order chi connectivity index (χ0) is 12.8. The molecule has 0 saturated carbocycles. The summed E-state index contributed by atoms with van der Waals surface area (Å²) in [4.78, 5) is 0. The van der Waals surface area contributed by atoms with Gasteiger partial charge in [-0.15, -0.1) is 0 Å². The van der Waals surface area contributed by atoms with E-state index in [4.69, 9.17) is 0 Å². The first-order chi connectivity index (χ1) is 7.70. The summed E-state index contributed by atoms with van der Waals surface area (Å²) in [5, 5.41) is 0. The van der Waals surface area contributed by atoms with Crippen LogP contribution in [-0.4, -0.2) is 6.88 Å². The molecule has 0 atom stereocenters. The molecule has 0 N–H and O–H groups in total. The molecule has 0 saturated heterocycles. The molecule has 2 aliphatic rings. The van der Waals surface area contributed by atoms with Crippen LogP contribution in [0.5, 0.6) is 0 Å². The molecular formula is C15H24SiZr. The fraction of sp³-hybridized carbons (Fsp3) is 0.467. The van der Waals surface area contributed by atoms with E-state index in [1.165, 1.54) is 12.8 Å². The first-order valence-corrected chi connectivity index (χ1v) is 19.8. The van der Waals surface area contributed by atoms with Gasteiger partial charge in [-0.1, -0.05) is 0 Å². The van der Waals surface area contributed by atoms with Crippen molar-refractivity contribution in [2.75, 3.05) is 0 Å². The Morgan fingerprint density at radius 2 is 2.00 bits per heavy atom. The van der Waals surface area contributed by atoms with E-state index in [0.717, 1.165) is 0 Å². The number of rotatable bonds is 2. The molecule has 0 aromatic carbocycles. The monoisotopic (exact) mass is 322 g/mol. The van der Waals surface area contributed by atoms with Gasteiger partial charge in [-0.2, -0.15) is 0 Å². The van der Waals surface area contributed by atoms with Gasteiger partial charge in [0.25, 0.3) is 0 Å². The third-order valence-electron chi connectivity index (χ3n) is 4.29. The predicted octanol–water partition coefficient (Wildman–Crippen LogP) is 4.03. The van der Waals surface area contributed by atoms with E-state index in [0.29, 0.717) is 5.41 Å². The fourth-order valence-corrected chi connectivity index (χ4v) is 13.5. The van der Waals surface area contributed by atoms with Crippen LogP contribution in [0.3, 0.4) is 0 Å². The van der Waals surface area contributed by atoms with Crippen molar-refractivity contribution in [1.29, 1.82) is 0 Å². The summed E-state index contributed by atoms with van der Waals surface area (Å²) in [6.45, 7) is 6.96. The Kier molecular flexibility index (Phi) is 3.20. The number of allylic oxidation sites excluding steroid dienone is 8. The summed E-state index contributed by atoms with van der Waals surface area (Å²) < 4.78 is 8.57. The fourth-order valence-electron chi connectivity index (χ4n) is 2.65. The van der Waals surface area contributed by atoms with Crippen molar-refractivity contribution in [2.45, 2.75) is 36.0 Å². The molecule has 0 bridgehead atoms. The van der Waals surface area contributed by atoms with Crippen molar-refractivity contribution in [1.82, 2.24) is 0 Å². The summed E-state index contributed by atoms with van der Waals surface area (Å²) in [5.74, 6) is 0.